The van der Waals surface area contributed by atoms with E-state index in [9.17, 15) is 9.59 Å². The summed E-state index contributed by atoms with van der Waals surface area (Å²) in [7, 11) is 0. The lowest BCUT2D eigenvalue weighted by Crippen LogP contribution is -2.42. The third-order valence-electron chi connectivity index (χ3n) is 8.39. The maximum absolute atomic E-state index is 13.4. The van der Waals surface area contributed by atoms with E-state index in [1.807, 2.05) is 16.7 Å². The highest BCUT2D eigenvalue weighted by Gasteiger charge is 2.29. The quantitative estimate of drug-likeness (QED) is 0.531. The van der Waals surface area contributed by atoms with Gasteiger partial charge in [-0.2, -0.15) is 0 Å². The number of aromatic nitrogens is 2. The second-order valence-electron chi connectivity index (χ2n) is 12.2. The van der Waals surface area contributed by atoms with Crippen LogP contribution >= 0.6 is 0 Å². The second-order valence-corrected chi connectivity index (χ2v) is 12.2. The minimum atomic E-state index is 0.0366. The van der Waals surface area contributed by atoms with Crippen LogP contribution in [0.15, 0.2) is 30.6 Å². The molecule has 0 spiro atoms. The number of carbonyl (C=O) groups excluding carboxylic acids is 2. The van der Waals surface area contributed by atoms with Crippen molar-refractivity contribution in [3.63, 3.8) is 0 Å². The molecule has 1 aromatic heterocycles. The third kappa shape index (κ3) is 6.97. The van der Waals surface area contributed by atoms with Crippen molar-refractivity contribution in [2.45, 2.75) is 85.0 Å². The van der Waals surface area contributed by atoms with Crippen molar-refractivity contribution in [3.05, 3.63) is 58.7 Å². The van der Waals surface area contributed by atoms with E-state index in [4.69, 9.17) is 0 Å². The molecule has 0 aliphatic carbocycles. The van der Waals surface area contributed by atoms with Crippen molar-refractivity contribution in [1.82, 2.24) is 19.8 Å². The van der Waals surface area contributed by atoms with Crippen LogP contribution < -0.4 is 0 Å². The maximum Gasteiger partial charge on any atom is 0.272 e. The lowest BCUT2D eigenvalue weighted by atomic mass is 9.83. The zero-order valence-corrected chi connectivity index (χ0v) is 23.4. The summed E-state index contributed by atoms with van der Waals surface area (Å²) in [5, 5.41) is 0. The standard InChI is InChI=1S/C31H44N4O2/c1-22-28(13-10-24-8-11-27(12-9-24)31(3,4)5)32-21-33-29(22)30(37)34-17-14-25(15-18-34)19-26-7-6-16-35(20-26)23(2)36/h8-9,11-12,21,25-26H,6-7,10,13-20H2,1-5H3/t26-/m0/s1. The van der Waals surface area contributed by atoms with E-state index in [0.29, 0.717) is 17.5 Å². The molecule has 2 aromatic rings. The molecule has 1 aromatic carbocycles. The number of carbonyl (C=O) groups is 2. The first-order valence-corrected chi connectivity index (χ1v) is 14.1. The first-order chi connectivity index (χ1) is 17.6. The lowest BCUT2D eigenvalue weighted by molar-refractivity contribution is -0.130. The molecule has 0 radical (unpaired) electrons. The smallest absolute Gasteiger partial charge is 0.272 e. The molecular weight excluding hydrogens is 460 g/mol. The lowest BCUT2D eigenvalue weighted by Gasteiger charge is -2.37. The van der Waals surface area contributed by atoms with E-state index in [0.717, 1.165) is 69.5 Å². The number of amides is 2. The molecule has 0 unspecified atom stereocenters. The van der Waals surface area contributed by atoms with E-state index in [-0.39, 0.29) is 17.2 Å². The summed E-state index contributed by atoms with van der Waals surface area (Å²) in [6.45, 7) is 13.7. The Bertz CT molecular complexity index is 1080. The molecule has 2 aliphatic heterocycles. The van der Waals surface area contributed by atoms with Crippen LogP contribution in [0.5, 0.6) is 0 Å². The van der Waals surface area contributed by atoms with Gasteiger partial charge in [-0.1, -0.05) is 45.0 Å². The van der Waals surface area contributed by atoms with Gasteiger partial charge >= 0.3 is 0 Å². The molecule has 0 N–H and O–H groups in total. The Balaban J connectivity index is 1.31. The highest BCUT2D eigenvalue weighted by atomic mass is 16.2. The summed E-state index contributed by atoms with van der Waals surface area (Å²) in [4.78, 5) is 38.1. The molecule has 1 atom stereocenters. The highest BCUT2D eigenvalue weighted by Crippen LogP contribution is 2.30. The zero-order chi connectivity index (χ0) is 26.6. The molecule has 2 aliphatic rings. The fraction of sp³-hybridized carbons (Fsp3) is 0.613. The van der Waals surface area contributed by atoms with Crippen LogP contribution in [-0.2, 0) is 23.1 Å². The molecule has 4 rings (SSSR count). The van der Waals surface area contributed by atoms with Crippen LogP contribution in [0.25, 0.3) is 0 Å². The zero-order valence-electron chi connectivity index (χ0n) is 23.4. The normalized spacial score (nSPS) is 19.2. The van der Waals surface area contributed by atoms with Crippen LogP contribution in [0.4, 0.5) is 0 Å². The molecule has 0 bridgehead atoms. The van der Waals surface area contributed by atoms with E-state index < -0.39 is 0 Å². The predicted octanol–water partition coefficient (Wildman–Crippen LogP) is 5.37. The van der Waals surface area contributed by atoms with E-state index in [1.165, 1.54) is 24.0 Å². The van der Waals surface area contributed by atoms with Gasteiger partial charge in [0.15, 0.2) is 0 Å². The number of likely N-dealkylation sites (tertiary alicyclic amines) is 2. The average molecular weight is 505 g/mol. The van der Waals surface area contributed by atoms with E-state index >= 15 is 0 Å². The molecule has 37 heavy (non-hydrogen) atoms. The van der Waals surface area contributed by atoms with Crippen LogP contribution in [0.2, 0.25) is 0 Å². The number of nitrogens with zero attached hydrogens (tertiary/aromatic N) is 4. The van der Waals surface area contributed by atoms with Gasteiger partial charge in [-0.3, -0.25) is 9.59 Å². The Morgan fingerprint density at radius 1 is 0.919 bits per heavy atom. The number of benzene rings is 1. The van der Waals surface area contributed by atoms with Crippen molar-refractivity contribution in [3.8, 4) is 0 Å². The van der Waals surface area contributed by atoms with Crippen molar-refractivity contribution in [2.75, 3.05) is 26.2 Å². The van der Waals surface area contributed by atoms with Gasteiger partial charge in [0.1, 0.15) is 12.0 Å². The minimum absolute atomic E-state index is 0.0366. The summed E-state index contributed by atoms with van der Waals surface area (Å²) in [5.41, 5.74) is 5.19. The Kier molecular flexibility index (Phi) is 8.66. The van der Waals surface area contributed by atoms with Crippen molar-refractivity contribution < 1.29 is 9.59 Å². The molecule has 6 heteroatoms. The van der Waals surface area contributed by atoms with Gasteiger partial charge < -0.3 is 9.80 Å². The first-order valence-electron chi connectivity index (χ1n) is 14.1. The minimum Gasteiger partial charge on any atom is -0.343 e. The number of piperidine rings is 2. The molecule has 200 valence electrons. The molecule has 0 saturated carbocycles. The monoisotopic (exact) mass is 504 g/mol. The summed E-state index contributed by atoms with van der Waals surface area (Å²) in [5.74, 6) is 1.46. The number of hydrogen-bond donors (Lipinski definition) is 0. The predicted molar refractivity (Wildman–Crippen MR) is 148 cm³/mol. The van der Waals surface area contributed by atoms with Gasteiger partial charge in [0.2, 0.25) is 5.91 Å². The molecule has 3 heterocycles. The summed E-state index contributed by atoms with van der Waals surface area (Å²) in [6.07, 6.45) is 8.79. The van der Waals surface area contributed by atoms with E-state index in [1.54, 1.807) is 13.3 Å². The largest absolute Gasteiger partial charge is 0.343 e. The fourth-order valence-corrected chi connectivity index (χ4v) is 5.92. The van der Waals surface area contributed by atoms with E-state index in [2.05, 4.69) is 55.0 Å². The highest BCUT2D eigenvalue weighted by molar-refractivity contribution is 5.93. The van der Waals surface area contributed by atoms with Gasteiger partial charge in [-0.05, 0) is 80.2 Å². The number of hydrogen-bond acceptors (Lipinski definition) is 4. The van der Waals surface area contributed by atoms with Gasteiger partial charge in [0, 0.05) is 44.4 Å². The first kappa shape index (κ1) is 27.3. The molecular formula is C31H44N4O2. The maximum atomic E-state index is 13.4. The summed E-state index contributed by atoms with van der Waals surface area (Å²) in [6, 6.07) is 8.85. The average Bonchev–Trinajstić information content (AvgIpc) is 2.88. The van der Waals surface area contributed by atoms with Gasteiger partial charge in [-0.25, -0.2) is 9.97 Å². The fourth-order valence-electron chi connectivity index (χ4n) is 5.92. The summed E-state index contributed by atoms with van der Waals surface area (Å²) >= 11 is 0. The molecule has 2 fully saturated rings. The van der Waals surface area contributed by atoms with Crippen LogP contribution in [-0.4, -0.2) is 57.8 Å². The van der Waals surface area contributed by atoms with Crippen molar-refractivity contribution in [2.24, 2.45) is 11.8 Å². The Morgan fingerprint density at radius 2 is 1.62 bits per heavy atom. The Morgan fingerprint density at radius 3 is 2.27 bits per heavy atom. The van der Waals surface area contributed by atoms with Crippen molar-refractivity contribution >= 4 is 11.8 Å². The third-order valence-corrected chi connectivity index (χ3v) is 8.39. The van der Waals surface area contributed by atoms with Gasteiger partial charge in [-0.15, -0.1) is 0 Å². The van der Waals surface area contributed by atoms with Gasteiger partial charge in [0.25, 0.3) is 5.91 Å². The molecule has 2 saturated heterocycles. The SMILES string of the molecule is CC(=O)N1CCC[C@@H](CC2CCN(C(=O)c3ncnc(CCc4ccc(C(C)(C)C)cc4)c3C)CC2)C1. The Hall–Kier alpha value is -2.76. The number of aryl methyl sites for hydroxylation is 2. The molecule has 6 nitrogen and oxygen atoms in total. The molecule has 2 amide bonds. The van der Waals surface area contributed by atoms with Gasteiger partial charge in [0.05, 0.1) is 0 Å². The second kappa shape index (κ2) is 11.7. The summed E-state index contributed by atoms with van der Waals surface area (Å²) < 4.78 is 0. The Labute approximate surface area is 222 Å². The topological polar surface area (TPSA) is 66.4 Å². The van der Waals surface area contributed by atoms with Crippen LogP contribution in [0.3, 0.4) is 0 Å². The van der Waals surface area contributed by atoms with Crippen LogP contribution in [0.1, 0.15) is 92.7 Å². The number of rotatable bonds is 6. The van der Waals surface area contributed by atoms with Crippen LogP contribution in [0, 0.1) is 18.8 Å². The van der Waals surface area contributed by atoms with Crippen molar-refractivity contribution in [1.29, 1.82) is 0 Å².